The number of urea groups is 1. The van der Waals surface area contributed by atoms with Crippen molar-refractivity contribution in [3.63, 3.8) is 0 Å². The summed E-state index contributed by atoms with van der Waals surface area (Å²) in [7, 11) is 3.28. The van der Waals surface area contributed by atoms with Gasteiger partial charge in [-0.2, -0.15) is 0 Å². The summed E-state index contributed by atoms with van der Waals surface area (Å²) in [5.41, 5.74) is 4.98. The van der Waals surface area contributed by atoms with Gasteiger partial charge in [0.1, 0.15) is 11.5 Å². The van der Waals surface area contributed by atoms with E-state index >= 15 is 0 Å². The van der Waals surface area contributed by atoms with Gasteiger partial charge in [0.15, 0.2) is 0 Å². The summed E-state index contributed by atoms with van der Waals surface area (Å²) in [6.45, 7) is 3.80. The minimum Gasteiger partial charge on any atom is -0.497 e. The number of ether oxygens (including phenoxy) is 2. The normalized spacial score (nSPS) is 13.2. The minimum absolute atomic E-state index is 0.0494. The van der Waals surface area contributed by atoms with Gasteiger partial charge in [0.25, 0.3) is 5.91 Å². The topological polar surface area (TPSA) is 76.0 Å². The number of piperazine rings is 1. The zero-order valence-corrected chi connectivity index (χ0v) is 24.5. The Labute approximate surface area is 244 Å². The molecule has 0 radical (unpaired) electrons. The van der Waals surface area contributed by atoms with E-state index in [1.54, 1.807) is 30.9 Å². The van der Waals surface area contributed by atoms with Gasteiger partial charge in [-0.05, 0) is 85.5 Å². The monoisotopic (exact) mass is 570 g/mol. The highest BCUT2D eigenvalue weighted by atomic mass is 32.2. The fourth-order valence-electron chi connectivity index (χ4n) is 5.04. The van der Waals surface area contributed by atoms with Crippen LogP contribution in [0, 0.1) is 6.92 Å². The first-order valence-electron chi connectivity index (χ1n) is 13.4. The van der Waals surface area contributed by atoms with Crippen LogP contribution >= 0.6 is 11.8 Å². The number of amides is 3. The molecule has 1 saturated heterocycles. The summed E-state index contributed by atoms with van der Waals surface area (Å²) in [6.07, 6.45) is 2.02. The minimum atomic E-state index is -0.156. The Hall–Kier alpha value is -4.37. The summed E-state index contributed by atoms with van der Waals surface area (Å²) < 4.78 is 12.9. The molecule has 5 rings (SSSR count). The van der Waals surface area contributed by atoms with Gasteiger partial charge in [-0.15, -0.1) is 11.8 Å². The Morgan fingerprint density at radius 3 is 2.10 bits per heavy atom. The molecule has 0 unspecified atom stereocenters. The molecule has 0 atom stereocenters. The van der Waals surface area contributed by atoms with Crippen molar-refractivity contribution < 1.29 is 19.1 Å². The molecule has 212 valence electrons. The Bertz CT molecular complexity index is 1520. The smallest absolute Gasteiger partial charge is 0.321 e. The number of nitrogens with zero attached hydrogens (tertiary/aromatic N) is 3. The molecule has 3 aromatic carbocycles. The highest BCUT2D eigenvalue weighted by molar-refractivity contribution is 7.98. The molecule has 8 nitrogen and oxygen atoms in total. The summed E-state index contributed by atoms with van der Waals surface area (Å²) >= 11 is 1.66. The van der Waals surface area contributed by atoms with E-state index in [9.17, 15) is 9.59 Å². The highest BCUT2D eigenvalue weighted by Gasteiger charge is 2.28. The Balaban J connectivity index is 1.36. The third-order valence-electron chi connectivity index (χ3n) is 7.37. The summed E-state index contributed by atoms with van der Waals surface area (Å²) in [6, 6.07) is 25.2. The van der Waals surface area contributed by atoms with Crippen LogP contribution in [0.1, 0.15) is 16.1 Å². The molecule has 0 bridgehead atoms. The summed E-state index contributed by atoms with van der Waals surface area (Å²) in [5, 5.41) is 2.96. The third-order valence-corrected chi connectivity index (χ3v) is 8.11. The molecule has 1 aliphatic rings. The van der Waals surface area contributed by atoms with Crippen molar-refractivity contribution in [1.29, 1.82) is 0 Å². The van der Waals surface area contributed by atoms with E-state index in [2.05, 4.69) is 9.88 Å². The second kappa shape index (κ2) is 12.4. The van der Waals surface area contributed by atoms with Crippen LogP contribution < -0.4 is 14.8 Å². The van der Waals surface area contributed by atoms with Crippen LogP contribution in [0.25, 0.3) is 16.9 Å². The number of carbonyl (C=O) groups is 2. The van der Waals surface area contributed by atoms with E-state index in [1.807, 2.05) is 96.9 Å². The standard InChI is InChI=1S/C32H34N4O4S/c1-22-29(31(37)34-16-18-35(19-17-34)32(38)33-24-10-14-28(41-4)15-11-24)21-30(23-8-12-26(39-2)13-9-23)36(22)25-6-5-7-27(20-25)40-3/h5-15,20-21H,16-19H2,1-4H3,(H,33,38). The number of thioether (sulfide) groups is 1. The van der Waals surface area contributed by atoms with Crippen LogP contribution in [0.5, 0.6) is 11.5 Å². The summed E-state index contributed by atoms with van der Waals surface area (Å²) in [4.78, 5) is 31.4. The number of anilines is 1. The molecule has 2 heterocycles. The predicted molar refractivity (Wildman–Crippen MR) is 164 cm³/mol. The van der Waals surface area contributed by atoms with Crippen molar-refractivity contribution in [2.24, 2.45) is 0 Å². The molecule has 1 fully saturated rings. The maximum atomic E-state index is 13.8. The molecule has 0 spiro atoms. The number of rotatable bonds is 7. The van der Waals surface area contributed by atoms with E-state index in [0.29, 0.717) is 31.7 Å². The lowest BCUT2D eigenvalue weighted by molar-refractivity contribution is 0.0671. The van der Waals surface area contributed by atoms with E-state index in [0.717, 1.165) is 44.7 Å². The van der Waals surface area contributed by atoms with Crippen molar-refractivity contribution >= 4 is 29.4 Å². The van der Waals surface area contributed by atoms with E-state index in [4.69, 9.17) is 9.47 Å². The number of benzene rings is 3. The molecule has 41 heavy (non-hydrogen) atoms. The number of nitrogens with one attached hydrogen (secondary N) is 1. The van der Waals surface area contributed by atoms with Gasteiger partial charge in [0.2, 0.25) is 0 Å². The molecule has 0 aliphatic carbocycles. The van der Waals surface area contributed by atoms with E-state index < -0.39 is 0 Å². The third kappa shape index (κ3) is 6.05. The molecule has 0 saturated carbocycles. The van der Waals surface area contributed by atoms with Crippen LogP contribution in [-0.4, -0.2) is 73.0 Å². The fraction of sp³-hybridized carbons (Fsp3) is 0.250. The van der Waals surface area contributed by atoms with Crippen molar-refractivity contribution in [3.8, 4) is 28.4 Å². The lowest BCUT2D eigenvalue weighted by Gasteiger charge is -2.34. The van der Waals surface area contributed by atoms with Crippen LogP contribution in [0.15, 0.2) is 83.8 Å². The molecular weight excluding hydrogens is 536 g/mol. The first-order valence-corrected chi connectivity index (χ1v) is 14.6. The second-order valence-electron chi connectivity index (χ2n) is 9.73. The maximum Gasteiger partial charge on any atom is 0.321 e. The van der Waals surface area contributed by atoms with Crippen LogP contribution in [0.3, 0.4) is 0 Å². The molecule has 1 aromatic heterocycles. The van der Waals surface area contributed by atoms with Gasteiger partial charge >= 0.3 is 6.03 Å². The zero-order valence-electron chi connectivity index (χ0n) is 23.7. The lowest BCUT2D eigenvalue weighted by atomic mass is 10.1. The van der Waals surface area contributed by atoms with Gasteiger partial charge in [0, 0.05) is 54.2 Å². The fourth-order valence-corrected chi connectivity index (χ4v) is 5.45. The molecule has 1 aliphatic heterocycles. The Morgan fingerprint density at radius 1 is 0.805 bits per heavy atom. The SMILES string of the molecule is COc1ccc(-c2cc(C(=O)N3CCN(C(=O)Nc4ccc(SC)cc4)CC3)c(C)n2-c2cccc(OC)c2)cc1. The molecule has 1 N–H and O–H groups in total. The number of hydrogen-bond acceptors (Lipinski definition) is 5. The largest absolute Gasteiger partial charge is 0.497 e. The van der Waals surface area contributed by atoms with Gasteiger partial charge < -0.3 is 29.2 Å². The quantitative estimate of drug-likeness (QED) is 0.269. The number of aromatic nitrogens is 1. The molecule has 4 aromatic rings. The average molecular weight is 571 g/mol. The Kier molecular flexibility index (Phi) is 8.54. The zero-order chi connectivity index (χ0) is 28.9. The summed E-state index contributed by atoms with van der Waals surface area (Å²) in [5.74, 6) is 1.45. The van der Waals surface area contributed by atoms with E-state index in [-0.39, 0.29) is 11.9 Å². The predicted octanol–water partition coefficient (Wildman–Crippen LogP) is 6.18. The Morgan fingerprint density at radius 2 is 1.46 bits per heavy atom. The second-order valence-corrected chi connectivity index (χ2v) is 10.6. The molecule has 9 heteroatoms. The number of carbonyl (C=O) groups excluding carboxylic acids is 2. The van der Waals surface area contributed by atoms with Crippen LogP contribution in [0.2, 0.25) is 0 Å². The van der Waals surface area contributed by atoms with Crippen molar-refractivity contribution in [3.05, 3.63) is 90.1 Å². The van der Waals surface area contributed by atoms with E-state index in [1.165, 1.54) is 0 Å². The molecular formula is C32H34N4O4S. The van der Waals surface area contributed by atoms with Gasteiger partial charge in [-0.3, -0.25) is 4.79 Å². The van der Waals surface area contributed by atoms with Gasteiger partial charge in [-0.25, -0.2) is 4.79 Å². The van der Waals surface area contributed by atoms with Crippen LogP contribution in [-0.2, 0) is 0 Å². The highest BCUT2D eigenvalue weighted by Crippen LogP contribution is 2.32. The number of hydrogen-bond donors (Lipinski definition) is 1. The van der Waals surface area contributed by atoms with Crippen LogP contribution in [0.4, 0.5) is 10.5 Å². The van der Waals surface area contributed by atoms with Gasteiger partial charge in [0.05, 0.1) is 25.5 Å². The average Bonchev–Trinajstić information content (AvgIpc) is 3.37. The van der Waals surface area contributed by atoms with Crippen molar-refractivity contribution in [1.82, 2.24) is 14.4 Å². The first-order chi connectivity index (χ1) is 19.9. The number of methoxy groups -OCH3 is 2. The maximum absolute atomic E-state index is 13.8. The van der Waals surface area contributed by atoms with Crippen molar-refractivity contribution in [2.75, 3.05) is 52.0 Å². The van der Waals surface area contributed by atoms with Gasteiger partial charge in [-0.1, -0.05) is 6.07 Å². The molecule has 3 amide bonds. The van der Waals surface area contributed by atoms with Crippen molar-refractivity contribution in [2.45, 2.75) is 11.8 Å². The first kappa shape index (κ1) is 28.2. The lowest BCUT2D eigenvalue weighted by Crippen LogP contribution is -2.51.